The Labute approximate surface area is 92.2 Å². The quantitative estimate of drug-likeness (QED) is 0.766. The second-order valence-electron chi connectivity index (χ2n) is 3.46. The fourth-order valence-electron chi connectivity index (χ4n) is 1.25. The zero-order chi connectivity index (χ0) is 10.8. The zero-order valence-corrected chi connectivity index (χ0v) is 9.04. The minimum absolute atomic E-state index is 0. The Morgan fingerprint density at radius 2 is 2.13 bits per heavy atom. The summed E-state index contributed by atoms with van der Waals surface area (Å²) in [7, 11) is 0. The molecular formula is C8H14ClF3N2O. The van der Waals surface area contributed by atoms with Gasteiger partial charge >= 0.3 is 6.18 Å². The van der Waals surface area contributed by atoms with E-state index in [0.717, 1.165) is 13.5 Å². The van der Waals surface area contributed by atoms with E-state index in [4.69, 9.17) is 0 Å². The van der Waals surface area contributed by atoms with Gasteiger partial charge in [0.1, 0.15) is 5.92 Å². The number of carbonyl (C=O) groups is 1. The van der Waals surface area contributed by atoms with Crippen molar-refractivity contribution in [3.05, 3.63) is 0 Å². The molecule has 1 aliphatic rings. The third-order valence-electron chi connectivity index (χ3n) is 2.29. The van der Waals surface area contributed by atoms with Gasteiger partial charge in [0, 0.05) is 12.6 Å². The van der Waals surface area contributed by atoms with E-state index in [1.165, 1.54) is 0 Å². The number of rotatable bonds is 2. The van der Waals surface area contributed by atoms with E-state index in [2.05, 4.69) is 10.6 Å². The second-order valence-corrected chi connectivity index (χ2v) is 3.46. The zero-order valence-electron chi connectivity index (χ0n) is 8.23. The third-order valence-corrected chi connectivity index (χ3v) is 2.29. The van der Waals surface area contributed by atoms with Gasteiger partial charge in [-0.3, -0.25) is 4.79 Å². The number of hydrogen-bond donors (Lipinski definition) is 2. The lowest BCUT2D eigenvalue weighted by Crippen LogP contribution is -2.43. The second kappa shape index (κ2) is 5.55. The summed E-state index contributed by atoms with van der Waals surface area (Å²) < 4.78 is 36.3. The van der Waals surface area contributed by atoms with Gasteiger partial charge in [0.15, 0.2) is 0 Å². The highest BCUT2D eigenvalue weighted by Gasteiger charge is 2.41. The van der Waals surface area contributed by atoms with Crippen molar-refractivity contribution < 1.29 is 18.0 Å². The van der Waals surface area contributed by atoms with Gasteiger partial charge in [-0.05, 0) is 19.9 Å². The Kier molecular flexibility index (Phi) is 5.37. The lowest BCUT2D eigenvalue weighted by molar-refractivity contribution is -0.179. The number of nitrogens with one attached hydrogen (secondary N) is 2. The first-order valence-electron chi connectivity index (χ1n) is 4.49. The molecule has 7 heteroatoms. The van der Waals surface area contributed by atoms with E-state index in [9.17, 15) is 18.0 Å². The van der Waals surface area contributed by atoms with Crippen LogP contribution in [0.4, 0.5) is 13.2 Å². The molecular weight excluding hydrogens is 233 g/mol. The SMILES string of the molecule is CC(C(=O)NC1CCNC1)C(F)(F)F.Cl. The van der Waals surface area contributed by atoms with Crippen LogP contribution in [0.25, 0.3) is 0 Å². The van der Waals surface area contributed by atoms with Gasteiger partial charge in [0.2, 0.25) is 5.91 Å². The minimum atomic E-state index is -4.45. The molecule has 1 aliphatic heterocycles. The Hall–Kier alpha value is -0.490. The fraction of sp³-hybridized carbons (Fsp3) is 0.875. The molecule has 2 unspecified atom stereocenters. The van der Waals surface area contributed by atoms with Crippen LogP contribution >= 0.6 is 12.4 Å². The van der Waals surface area contributed by atoms with Crippen LogP contribution in [0.5, 0.6) is 0 Å². The smallest absolute Gasteiger partial charge is 0.352 e. The molecule has 2 N–H and O–H groups in total. The maximum absolute atomic E-state index is 12.1. The van der Waals surface area contributed by atoms with Gasteiger partial charge in [-0.15, -0.1) is 12.4 Å². The normalized spacial score (nSPS) is 23.1. The summed E-state index contributed by atoms with van der Waals surface area (Å²) >= 11 is 0. The number of carbonyl (C=O) groups excluding carboxylic acids is 1. The number of hydrogen-bond acceptors (Lipinski definition) is 2. The summed E-state index contributed by atoms with van der Waals surface area (Å²) in [6.45, 7) is 2.17. The lowest BCUT2D eigenvalue weighted by atomic mass is 10.1. The van der Waals surface area contributed by atoms with Gasteiger partial charge in [0.05, 0.1) is 0 Å². The van der Waals surface area contributed by atoms with Crippen LogP contribution < -0.4 is 10.6 Å². The van der Waals surface area contributed by atoms with Gasteiger partial charge < -0.3 is 10.6 Å². The highest BCUT2D eigenvalue weighted by Crippen LogP contribution is 2.25. The summed E-state index contributed by atoms with van der Waals surface area (Å²) in [4.78, 5) is 11.1. The van der Waals surface area contributed by atoms with Crippen molar-refractivity contribution in [3.63, 3.8) is 0 Å². The van der Waals surface area contributed by atoms with E-state index in [0.29, 0.717) is 13.0 Å². The van der Waals surface area contributed by atoms with Crippen LogP contribution in [-0.2, 0) is 4.79 Å². The maximum Gasteiger partial charge on any atom is 0.400 e. The fourth-order valence-corrected chi connectivity index (χ4v) is 1.25. The van der Waals surface area contributed by atoms with Crippen LogP contribution in [0, 0.1) is 5.92 Å². The van der Waals surface area contributed by atoms with E-state index < -0.39 is 18.0 Å². The summed E-state index contributed by atoms with van der Waals surface area (Å²) in [6.07, 6.45) is -3.76. The first-order valence-corrected chi connectivity index (χ1v) is 4.49. The molecule has 15 heavy (non-hydrogen) atoms. The largest absolute Gasteiger partial charge is 0.400 e. The Morgan fingerprint density at radius 1 is 1.53 bits per heavy atom. The molecule has 0 radical (unpaired) electrons. The van der Waals surface area contributed by atoms with Crippen LogP contribution in [0.15, 0.2) is 0 Å². The molecule has 0 saturated carbocycles. The molecule has 0 aromatic carbocycles. The molecule has 1 saturated heterocycles. The molecule has 1 heterocycles. The standard InChI is InChI=1S/C8H13F3N2O.ClH/c1-5(8(9,10)11)7(14)13-6-2-3-12-4-6;/h5-6,12H,2-4H2,1H3,(H,13,14);1H. The molecule has 1 amide bonds. The molecule has 1 fully saturated rings. The van der Waals surface area contributed by atoms with Crippen molar-refractivity contribution in [3.8, 4) is 0 Å². The van der Waals surface area contributed by atoms with Crippen molar-refractivity contribution in [2.24, 2.45) is 5.92 Å². The van der Waals surface area contributed by atoms with Crippen molar-refractivity contribution in [1.29, 1.82) is 0 Å². The number of halogens is 4. The van der Waals surface area contributed by atoms with Crippen LogP contribution in [0.2, 0.25) is 0 Å². The van der Waals surface area contributed by atoms with Crippen LogP contribution in [0.3, 0.4) is 0 Å². The van der Waals surface area contributed by atoms with E-state index >= 15 is 0 Å². The highest BCUT2D eigenvalue weighted by molar-refractivity contribution is 5.85. The first kappa shape index (κ1) is 14.5. The average Bonchev–Trinajstić information content (AvgIpc) is 2.53. The number of amides is 1. The van der Waals surface area contributed by atoms with Crippen LogP contribution in [-0.4, -0.2) is 31.2 Å². The first-order chi connectivity index (χ1) is 6.41. The molecule has 3 nitrogen and oxygen atoms in total. The van der Waals surface area contributed by atoms with Gasteiger partial charge in [0.25, 0.3) is 0 Å². The Bertz CT molecular complexity index is 216. The molecule has 0 aliphatic carbocycles. The molecule has 90 valence electrons. The number of alkyl halides is 3. The van der Waals surface area contributed by atoms with E-state index in [1.807, 2.05) is 0 Å². The van der Waals surface area contributed by atoms with Gasteiger partial charge in [-0.25, -0.2) is 0 Å². The highest BCUT2D eigenvalue weighted by atomic mass is 35.5. The Morgan fingerprint density at radius 3 is 2.53 bits per heavy atom. The predicted octanol–water partition coefficient (Wildman–Crippen LogP) is 1.08. The maximum atomic E-state index is 12.1. The molecule has 2 atom stereocenters. The van der Waals surface area contributed by atoms with Gasteiger partial charge in [-0.2, -0.15) is 13.2 Å². The average molecular weight is 247 g/mol. The van der Waals surface area contributed by atoms with Crippen LogP contribution in [0.1, 0.15) is 13.3 Å². The molecule has 0 aromatic heterocycles. The molecule has 0 aromatic rings. The summed E-state index contributed by atoms with van der Waals surface area (Å²) in [5.41, 5.74) is 0. The molecule has 1 rings (SSSR count). The van der Waals surface area contributed by atoms with Gasteiger partial charge in [-0.1, -0.05) is 0 Å². The topological polar surface area (TPSA) is 41.1 Å². The van der Waals surface area contributed by atoms with E-state index in [1.54, 1.807) is 0 Å². The monoisotopic (exact) mass is 246 g/mol. The summed E-state index contributed by atoms with van der Waals surface area (Å²) in [6, 6.07) is -0.160. The predicted molar refractivity (Wildman–Crippen MR) is 51.9 cm³/mol. The third kappa shape index (κ3) is 4.25. The molecule has 0 bridgehead atoms. The van der Waals surface area contributed by atoms with E-state index in [-0.39, 0.29) is 18.4 Å². The van der Waals surface area contributed by atoms with Crippen molar-refractivity contribution >= 4 is 18.3 Å². The van der Waals surface area contributed by atoms with Crippen molar-refractivity contribution in [2.75, 3.05) is 13.1 Å². The lowest BCUT2D eigenvalue weighted by Gasteiger charge is -2.18. The minimum Gasteiger partial charge on any atom is -0.352 e. The van der Waals surface area contributed by atoms with Crippen molar-refractivity contribution in [2.45, 2.75) is 25.6 Å². The summed E-state index contributed by atoms with van der Waals surface area (Å²) in [5, 5.41) is 5.32. The Balaban J connectivity index is 0.00000196. The summed E-state index contributed by atoms with van der Waals surface area (Å²) in [5.74, 6) is -2.87. The molecule has 0 spiro atoms. The van der Waals surface area contributed by atoms with Crippen molar-refractivity contribution in [1.82, 2.24) is 10.6 Å².